The van der Waals surface area contributed by atoms with Gasteiger partial charge in [-0.25, -0.2) is 0 Å². The summed E-state index contributed by atoms with van der Waals surface area (Å²) < 4.78 is 2.45. The van der Waals surface area contributed by atoms with Crippen molar-refractivity contribution in [1.82, 2.24) is 9.47 Å². The van der Waals surface area contributed by atoms with Crippen molar-refractivity contribution in [1.29, 1.82) is 0 Å². The summed E-state index contributed by atoms with van der Waals surface area (Å²) in [5, 5.41) is 0. The van der Waals surface area contributed by atoms with Gasteiger partial charge in [0.15, 0.2) is 0 Å². The van der Waals surface area contributed by atoms with E-state index >= 15 is 0 Å². The molecular formula is C24H28N2. The van der Waals surface area contributed by atoms with Crippen LogP contribution in [0.5, 0.6) is 0 Å². The summed E-state index contributed by atoms with van der Waals surface area (Å²) in [5.41, 5.74) is 8.30. The fourth-order valence-electron chi connectivity index (χ4n) is 4.15. The van der Waals surface area contributed by atoms with Gasteiger partial charge in [-0.3, -0.25) is 4.90 Å². The molecule has 2 heterocycles. The topological polar surface area (TPSA) is 8.17 Å². The molecule has 0 amide bonds. The molecule has 0 unspecified atom stereocenters. The molecule has 3 aromatic rings. The zero-order valence-electron chi connectivity index (χ0n) is 16.1. The Morgan fingerprint density at radius 1 is 0.885 bits per heavy atom. The minimum Gasteiger partial charge on any atom is -0.350 e. The first-order chi connectivity index (χ1) is 12.6. The van der Waals surface area contributed by atoms with Gasteiger partial charge >= 0.3 is 0 Å². The summed E-state index contributed by atoms with van der Waals surface area (Å²) in [6, 6.07) is 20.7. The summed E-state index contributed by atoms with van der Waals surface area (Å²) in [4.78, 5) is 2.66. The Labute approximate surface area is 157 Å². The first kappa shape index (κ1) is 17.1. The van der Waals surface area contributed by atoms with Crippen LogP contribution < -0.4 is 0 Å². The summed E-state index contributed by atoms with van der Waals surface area (Å²) in [6.45, 7) is 9.81. The molecule has 0 saturated carbocycles. The van der Waals surface area contributed by atoms with E-state index in [0.717, 1.165) is 19.6 Å². The molecule has 26 heavy (non-hydrogen) atoms. The molecule has 1 aliphatic heterocycles. The first-order valence-electron chi connectivity index (χ1n) is 9.63. The van der Waals surface area contributed by atoms with Gasteiger partial charge in [0, 0.05) is 31.5 Å². The van der Waals surface area contributed by atoms with Crippen LogP contribution in [0.3, 0.4) is 0 Å². The lowest BCUT2D eigenvalue weighted by atomic mass is 9.95. The molecule has 1 aromatic heterocycles. The maximum atomic E-state index is 2.66. The van der Waals surface area contributed by atoms with Gasteiger partial charge in [-0.1, -0.05) is 53.6 Å². The van der Waals surface area contributed by atoms with Gasteiger partial charge in [0.25, 0.3) is 0 Å². The second-order valence-corrected chi connectivity index (χ2v) is 7.70. The lowest BCUT2D eigenvalue weighted by Gasteiger charge is -2.32. The smallest absolute Gasteiger partial charge is 0.0761 e. The normalized spacial score (nSPS) is 17.7. The van der Waals surface area contributed by atoms with E-state index in [4.69, 9.17) is 0 Å². The van der Waals surface area contributed by atoms with Crippen LogP contribution in [0, 0.1) is 20.8 Å². The Bertz CT molecular complexity index is 889. The Balaban J connectivity index is 1.77. The molecule has 0 bridgehead atoms. The molecule has 0 spiro atoms. The van der Waals surface area contributed by atoms with E-state index in [9.17, 15) is 0 Å². The second-order valence-electron chi connectivity index (χ2n) is 7.70. The average Bonchev–Trinajstić information content (AvgIpc) is 3.01. The maximum absolute atomic E-state index is 2.66. The van der Waals surface area contributed by atoms with Crippen molar-refractivity contribution in [3.8, 4) is 0 Å². The van der Waals surface area contributed by atoms with Crippen molar-refractivity contribution >= 4 is 0 Å². The van der Waals surface area contributed by atoms with Gasteiger partial charge in [-0.05, 0) is 56.0 Å². The molecule has 0 saturated heterocycles. The molecule has 0 radical (unpaired) electrons. The molecule has 2 nitrogen and oxygen atoms in total. The van der Waals surface area contributed by atoms with Crippen LogP contribution in [-0.4, -0.2) is 16.0 Å². The van der Waals surface area contributed by atoms with Crippen LogP contribution in [0.25, 0.3) is 0 Å². The summed E-state index contributed by atoms with van der Waals surface area (Å²) >= 11 is 0. The molecule has 1 atom stereocenters. The highest BCUT2D eigenvalue weighted by molar-refractivity contribution is 5.38. The molecule has 0 fully saturated rings. The molecule has 2 aromatic carbocycles. The lowest BCUT2D eigenvalue weighted by molar-refractivity contribution is 0.220. The van der Waals surface area contributed by atoms with Crippen LogP contribution in [0.4, 0.5) is 0 Å². The molecular weight excluding hydrogens is 316 g/mol. The third-order valence-corrected chi connectivity index (χ3v) is 5.59. The summed E-state index contributed by atoms with van der Waals surface area (Å²) in [6.07, 6.45) is 3.43. The molecule has 2 heteroatoms. The van der Waals surface area contributed by atoms with Crippen molar-refractivity contribution in [2.75, 3.05) is 6.54 Å². The minimum atomic E-state index is 0.314. The molecule has 4 rings (SSSR count). The summed E-state index contributed by atoms with van der Waals surface area (Å²) in [7, 11) is 0. The molecule has 134 valence electrons. The van der Waals surface area contributed by atoms with Crippen LogP contribution in [0.15, 0.2) is 60.8 Å². The third kappa shape index (κ3) is 3.34. The van der Waals surface area contributed by atoms with Gasteiger partial charge in [-0.2, -0.15) is 0 Å². The van der Waals surface area contributed by atoms with Crippen LogP contribution >= 0.6 is 0 Å². The monoisotopic (exact) mass is 344 g/mol. The highest BCUT2D eigenvalue weighted by Crippen LogP contribution is 2.35. The lowest BCUT2D eigenvalue weighted by Crippen LogP contribution is -2.30. The van der Waals surface area contributed by atoms with E-state index in [-0.39, 0.29) is 0 Å². The van der Waals surface area contributed by atoms with E-state index in [1.807, 2.05) is 0 Å². The number of hydrogen-bond acceptors (Lipinski definition) is 1. The average molecular weight is 345 g/mol. The zero-order chi connectivity index (χ0) is 18.1. The fourth-order valence-corrected chi connectivity index (χ4v) is 4.15. The van der Waals surface area contributed by atoms with Crippen molar-refractivity contribution < 1.29 is 0 Å². The SMILES string of the molecule is Cc1ccc(CN2CCCn3cccc3[C@@H]2c2cc(C)ccc2C)cc1. The number of hydrogen-bond donors (Lipinski definition) is 0. The Morgan fingerprint density at radius 3 is 2.46 bits per heavy atom. The molecule has 0 N–H and O–H groups in total. The predicted molar refractivity (Wildman–Crippen MR) is 108 cm³/mol. The highest BCUT2D eigenvalue weighted by atomic mass is 15.2. The van der Waals surface area contributed by atoms with Gasteiger partial charge < -0.3 is 4.57 Å². The standard InChI is InChI=1S/C24H28N2/c1-18-8-11-21(12-9-18)17-26-15-5-14-25-13-4-6-23(25)24(26)22-16-19(2)7-10-20(22)3/h4,6-13,16,24H,5,14-15,17H2,1-3H3/t24-/m0/s1. The van der Waals surface area contributed by atoms with Gasteiger partial charge in [-0.15, -0.1) is 0 Å². The highest BCUT2D eigenvalue weighted by Gasteiger charge is 2.28. The van der Waals surface area contributed by atoms with Gasteiger partial charge in [0.05, 0.1) is 6.04 Å². The number of rotatable bonds is 3. The number of aromatic nitrogens is 1. The Morgan fingerprint density at radius 2 is 1.65 bits per heavy atom. The Kier molecular flexibility index (Phi) is 4.69. The molecule has 0 aliphatic carbocycles. The van der Waals surface area contributed by atoms with E-state index in [2.05, 4.69) is 91.0 Å². The third-order valence-electron chi connectivity index (χ3n) is 5.59. The van der Waals surface area contributed by atoms with E-state index in [1.54, 1.807) is 0 Å². The van der Waals surface area contributed by atoms with Crippen LogP contribution in [0.1, 0.15) is 46.0 Å². The van der Waals surface area contributed by atoms with Crippen molar-refractivity contribution in [2.45, 2.75) is 46.3 Å². The van der Waals surface area contributed by atoms with E-state index in [0.29, 0.717) is 6.04 Å². The fraction of sp³-hybridized carbons (Fsp3) is 0.333. The zero-order valence-corrected chi connectivity index (χ0v) is 16.1. The number of fused-ring (bicyclic) bond motifs is 1. The quantitative estimate of drug-likeness (QED) is 0.617. The second kappa shape index (κ2) is 7.13. The largest absolute Gasteiger partial charge is 0.350 e. The van der Waals surface area contributed by atoms with Crippen LogP contribution in [0.2, 0.25) is 0 Å². The maximum Gasteiger partial charge on any atom is 0.0761 e. The predicted octanol–water partition coefficient (Wildman–Crippen LogP) is 5.41. The molecule has 1 aliphatic rings. The Hall–Kier alpha value is -2.32. The van der Waals surface area contributed by atoms with Crippen molar-refractivity contribution in [3.63, 3.8) is 0 Å². The van der Waals surface area contributed by atoms with E-state index in [1.165, 1.54) is 39.9 Å². The van der Waals surface area contributed by atoms with Crippen molar-refractivity contribution in [2.24, 2.45) is 0 Å². The van der Waals surface area contributed by atoms with Crippen molar-refractivity contribution in [3.05, 3.63) is 94.3 Å². The summed E-state index contributed by atoms with van der Waals surface area (Å²) in [5.74, 6) is 0. The van der Waals surface area contributed by atoms with E-state index < -0.39 is 0 Å². The first-order valence-corrected chi connectivity index (χ1v) is 9.63. The minimum absolute atomic E-state index is 0.314. The number of aryl methyl sites for hydroxylation is 4. The van der Waals surface area contributed by atoms with Gasteiger partial charge in [0.1, 0.15) is 0 Å². The number of benzene rings is 2. The number of nitrogens with zero attached hydrogens (tertiary/aromatic N) is 2. The van der Waals surface area contributed by atoms with Crippen LogP contribution in [-0.2, 0) is 13.1 Å². The van der Waals surface area contributed by atoms with Gasteiger partial charge in [0.2, 0.25) is 0 Å².